The van der Waals surface area contributed by atoms with Gasteiger partial charge < -0.3 is 9.94 Å². The zero-order valence-electron chi connectivity index (χ0n) is 11.5. The van der Waals surface area contributed by atoms with Crippen LogP contribution in [0.25, 0.3) is 0 Å². The first kappa shape index (κ1) is 13.4. The number of aliphatic carboxylic acids is 1. The van der Waals surface area contributed by atoms with Crippen LogP contribution in [0.4, 0.5) is 0 Å². The molecule has 2 aliphatic rings. The van der Waals surface area contributed by atoms with Gasteiger partial charge >= 0.3 is 5.97 Å². The number of carbonyl (C=O) groups is 1. The highest BCUT2D eigenvalue weighted by molar-refractivity contribution is 6.36. The van der Waals surface area contributed by atoms with Crippen molar-refractivity contribution in [2.75, 3.05) is 0 Å². The maximum atomic E-state index is 10.9. The van der Waals surface area contributed by atoms with E-state index in [-0.39, 0.29) is 11.3 Å². The summed E-state index contributed by atoms with van der Waals surface area (Å²) >= 11 is 0. The second-order valence-corrected chi connectivity index (χ2v) is 6.41. The Labute approximate surface area is 108 Å². The van der Waals surface area contributed by atoms with Crippen molar-refractivity contribution >= 4 is 11.7 Å². The van der Waals surface area contributed by atoms with Gasteiger partial charge in [-0.05, 0) is 37.0 Å². The molecule has 0 bridgehead atoms. The van der Waals surface area contributed by atoms with E-state index >= 15 is 0 Å². The first-order valence-corrected chi connectivity index (χ1v) is 6.87. The van der Waals surface area contributed by atoms with Crippen LogP contribution in [0, 0.1) is 11.3 Å². The van der Waals surface area contributed by atoms with Crippen molar-refractivity contribution in [2.24, 2.45) is 16.5 Å². The Morgan fingerprint density at radius 1 is 1.50 bits per heavy atom. The van der Waals surface area contributed by atoms with Crippen LogP contribution >= 0.6 is 0 Å². The summed E-state index contributed by atoms with van der Waals surface area (Å²) in [7, 11) is 0. The van der Waals surface area contributed by atoms with Crippen molar-refractivity contribution in [1.82, 2.24) is 0 Å². The van der Waals surface area contributed by atoms with Gasteiger partial charge in [0.1, 0.15) is 5.60 Å². The van der Waals surface area contributed by atoms with Crippen molar-refractivity contribution in [1.29, 1.82) is 0 Å². The third-order valence-electron chi connectivity index (χ3n) is 5.00. The average molecular weight is 253 g/mol. The topological polar surface area (TPSA) is 58.9 Å². The quantitative estimate of drug-likeness (QED) is 0.840. The van der Waals surface area contributed by atoms with Crippen LogP contribution in [0.3, 0.4) is 0 Å². The van der Waals surface area contributed by atoms with E-state index in [9.17, 15) is 4.79 Å². The van der Waals surface area contributed by atoms with Crippen LogP contribution in [-0.4, -0.2) is 22.4 Å². The van der Waals surface area contributed by atoms with E-state index < -0.39 is 5.97 Å². The van der Waals surface area contributed by atoms with E-state index in [1.165, 1.54) is 6.42 Å². The number of rotatable bonds is 3. The first-order valence-electron chi connectivity index (χ1n) is 6.87. The highest BCUT2D eigenvalue weighted by Gasteiger charge is 2.46. The van der Waals surface area contributed by atoms with E-state index in [4.69, 9.17) is 9.94 Å². The lowest BCUT2D eigenvalue weighted by atomic mass is 9.66. The Kier molecular flexibility index (Phi) is 3.39. The van der Waals surface area contributed by atoms with Crippen molar-refractivity contribution in [2.45, 2.75) is 64.9 Å². The minimum Gasteiger partial charge on any atom is -0.477 e. The fourth-order valence-corrected chi connectivity index (χ4v) is 3.12. The fourth-order valence-electron chi connectivity index (χ4n) is 3.12. The molecule has 0 unspecified atom stereocenters. The van der Waals surface area contributed by atoms with Crippen molar-refractivity contribution in [3.05, 3.63) is 0 Å². The summed E-state index contributed by atoms with van der Waals surface area (Å²) in [6.07, 6.45) is 5.75. The van der Waals surface area contributed by atoms with Crippen molar-refractivity contribution < 1.29 is 14.7 Å². The first-order chi connectivity index (χ1) is 8.38. The molecule has 1 fully saturated rings. The molecule has 1 aliphatic carbocycles. The lowest BCUT2D eigenvalue weighted by Gasteiger charge is -2.41. The second kappa shape index (κ2) is 4.56. The molecule has 102 valence electrons. The minimum absolute atomic E-state index is 0.184. The van der Waals surface area contributed by atoms with Gasteiger partial charge in [-0.15, -0.1) is 0 Å². The van der Waals surface area contributed by atoms with Gasteiger partial charge in [-0.1, -0.05) is 32.3 Å². The normalized spacial score (nSPS) is 32.2. The maximum Gasteiger partial charge on any atom is 0.353 e. The molecule has 1 aliphatic heterocycles. The molecule has 4 heteroatoms. The predicted molar refractivity (Wildman–Crippen MR) is 69.5 cm³/mol. The monoisotopic (exact) mass is 253 g/mol. The summed E-state index contributed by atoms with van der Waals surface area (Å²) in [5.74, 6) is -0.228. The molecular formula is C14H23NO3. The number of hydrogen-bond donors (Lipinski definition) is 1. The summed E-state index contributed by atoms with van der Waals surface area (Å²) < 4.78 is 0. The lowest BCUT2D eigenvalue weighted by molar-refractivity contribution is -0.129. The summed E-state index contributed by atoms with van der Waals surface area (Å²) in [6, 6.07) is 0. The Morgan fingerprint density at radius 2 is 2.11 bits per heavy atom. The molecule has 0 saturated heterocycles. The van der Waals surface area contributed by atoms with Gasteiger partial charge in [-0.25, -0.2) is 4.79 Å². The SMILES string of the molecule is CCC(C)(C)C1CCC2(CC1)CC(C(=O)O)=NO2. The second-order valence-electron chi connectivity index (χ2n) is 6.41. The van der Waals surface area contributed by atoms with Crippen LogP contribution in [0.15, 0.2) is 5.16 Å². The molecule has 0 aromatic rings. The number of hydrogen-bond acceptors (Lipinski definition) is 3. The Morgan fingerprint density at radius 3 is 2.56 bits per heavy atom. The average Bonchev–Trinajstić information content (AvgIpc) is 2.74. The standard InChI is InChI=1S/C14H23NO3/c1-4-13(2,3)10-5-7-14(8-6-10)9-11(12(16)17)15-18-14/h10H,4-9H2,1-3H3,(H,16,17). The highest BCUT2D eigenvalue weighted by Crippen LogP contribution is 2.47. The molecule has 0 amide bonds. The fraction of sp³-hybridized carbons (Fsp3) is 0.857. The summed E-state index contributed by atoms with van der Waals surface area (Å²) in [5.41, 5.74) is 0.244. The summed E-state index contributed by atoms with van der Waals surface area (Å²) in [6.45, 7) is 6.89. The van der Waals surface area contributed by atoms with Gasteiger partial charge in [0.25, 0.3) is 0 Å². The molecule has 0 atom stereocenters. The maximum absolute atomic E-state index is 10.9. The molecule has 1 saturated carbocycles. The van der Waals surface area contributed by atoms with Gasteiger partial charge in [-0.3, -0.25) is 0 Å². The summed E-state index contributed by atoms with van der Waals surface area (Å²) in [5, 5.41) is 12.7. The number of carboxylic acids is 1. The molecule has 0 radical (unpaired) electrons. The van der Waals surface area contributed by atoms with E-state index in [2.05, 4.69) is 25.9 Å². The number of carboxylic acid groups (broad SMARTS) is 1. The van der Waals surface area contributed by atoms with Crippen LogP contribution in [0.2, 0.25) is 0 Å². The van der Waals surface area contributed by atoms with Gasteiger partial charge in [0, 0.05) is 6.42 Å². The Hall–Kier alpha value is -1.06. The molecular weight excluding hydrogens is 230 g/mol. The molecule has 0 aromatic heterocycles. The van der Waals surface area contributed by atoms with E-state index in [1.54, 1.807) is 0 Å². The third-order valence-corrected chi connectivity index (χ3v) is 5.00. The third kappa shape index (κ3) is 2.38. The van der Waals surface area contributed by atoms with Crippen molar-refractivity contribution in [3.63, 3.8) is 0 Å². The molecule has 1 N–H and O–H groups in total. The molecule has 2 rings (SSSR count). The minimum atomic E-state index is -0.942. The van der Waals surface area contributed by atoms with E-state index in [0.717, 1.165) is 25.7 Å². The zero-order chi connectivity index (χ0) is 13.4. The highest BCUT2D eigenvalue weighted by atomic mass is 16.7. The molecule has 0 aromatic carbocycles. The zero-order valence-corrected chi connectivity index (χ0v) is 11.5. The van der Waals surface area contributed by atoms with Gasteiger partial charge in [-0.2, -0.15) is 0 Å². The van der Waals surface area contributed by atoms with Crippen LogP contribution in [0.5, 0.6) is 0 Å². The summed E-state index contributed by atoms with van der Waals surface area (Å²) in [4.78, 5) is 16.3. The molecule has 1 heterocycles. The Balaban J connectivity index is 1.94. The lowest BCUT2D eigenvalue weighted by Crippen LogP contribution is -2.38. The smallest absolute Gasteiger partial charge is 0.353 e. The van der Waals surface area contributed by atoms with Gasteiger partial charge in [0.2, 0.25) is 0 Å². The number of oxime groups is 1. The van der Waals surface area contributed by atoms with Crippen LogP contribution < -0.4 is 0 Å². The van der Waals surface area contributed by atoms with E-state index in [1.807, 2.05) is 0 Å². The molecule has 18 heavy (non-hydrogen) atoms. The Bertz CT molecular complexity index is 365. The molecule has 1 spiro atoms. The van der Waals surface area contributed by atoms with Gasteiger partial charge in [0.15, 0.2) is 5.71 Å². The molecule has 4 nitrogen and oxygen atoms in total. The van der Waals surface area contributed by atoms with Crippen LogP contribution in [0.1, 0.15) is 59.3 Å². The number of nitrogens with zero attached hydrogens (tertiary/aromatic N) is 1. The van der Waals surface area contributed by atoms with E-state index in [0.29, 0.717) is 17.8 Å². The largest absolute Gasteiger partial charge is 0.477 e. The predicted octanol–water partition coefficient (Wildman–Crippen LogP) is 3.21. The van der Waals surface area contributed by atoms with Crippen molar-refractivity contribution in [3.8, 4) is 0 Å². The van der Waals surface area contributed by atoms with Gasteiger partial charge in [0.05, 0.1) is 0 Å². The van der Waals surface area contributed by atoms with Crippen LogP contribution in [-0.2, 0) is 9.63 Å².